The Morgan fingerprint density at radius 3 is 2.76 bits per heavy atom. The normalized spacial score (nSPS) is 12.4. The smallest absolute Gasteiger partial charge is 0.123 e. The minimum Gasteiger partial charge on any atom is -0.491 e. The number of hydrogen-bond donors (Lipinski definition) is 1. The highest BCUT2D eigenvalue weighted by Gasteiger charge is 2.05. The molecule has 96 valence electrons. The van der Waals surface area contributed by atoms with Gasteiger partial charge in [-0.1, -0.05) is 25.1 Å². The van der Waals surface area contributed by atoms with Crippen LogP contribution in [0.25, 0.3) is 0 Å². The maximum absolute atomic E-state index is 5.76. The first-order valence-corrected chi connectivity index (χ1v) is 6.22. The van der Waals surface area contributed by atoms with Gasteiger partial charge in [0.15, 0.2) is 0 Å². The molecule has 0 aliphatic heterocycles. The van der Waals surface area contributed by atoms with Crippen LogP contribution >= 0.6 is 0 Å². The van der Waals surface area contributed by atoms with Crippen molar-refractivity contribution in [2.75, 3.05) is 20.3 Å². The summed E-state index contributed by atoms with van der Waals surface area (Å²) in [5, 5.41) is 3.38. The molecule has 1 aromatic rings. The largest absolute Gasteiger partial charge is 0.491 e. The van der Waals surface area contributed by atoms with Crippen LogP contribution in [0.15, 0.2) is 24.3 Å². The van der Waals surface area contributed by atoms with E-state index in [2.05, 4.69) is 18.3 Å². The Morgan fingerprint density at radius 1 is 1.29 bits per heavy atom. The van der Waals surface area contributed by atoms with E-state index in [1.807, 2.05) is 25.1 Å². The van der Waals surface area contributed by atoms with Crippen LogP contribution in [0.4, 0.5) is 0 Å². The molecule has 1 unspecified atom stereocenters. The first-order chi connectivity index (χ1) is 8.27. The van der Waals surface area contributed by atoms with Crippen LogP contribution in [0.1, 0.15) is 25.8 Å². The van der Waals surface area contributed by atoms with Crippen LogP contribution in [-0.2, 0) is 11.3 Å². The Balaban J connectivity index is 2.51. The third kappa shape index (κ3) is 5.20. The lowest BCUT2D eigenvalue weighted by atomic mass is 10.2. The lowest BCUT2D eigenvalue weighted by Crippen LogP contribution is -2.18. The van der Waals surface area contributed by atoms with E-state index in [-0.39, 0.29) is 6.10 Å². The molecule has 1 N–H and O–H groups in total. The third-order valence-corrected chi connectivity index (χ3v) is 2.59. The van der Waals surface area contributed by atoms with E-state index >= 15 is 0 Å². The van der Waals surface area contributed by atoms with Gasteiger partial charge in [0.05, 0.1) is 6.10 Å². The summed E-state index contributed by atoms with van der Waals surface area (Å²) in [7, 11) is 1.70. The number of nitrogens with one attached hydrogen (secondary N) is 1. The molecular weight excluding hydrogens is 214 g/mol. The van der Waals surface area contributed by atoms with Crippen LogP contribution in [0.5, 0.6) is 5.75 Å². The SMILES string of the molecule is CCCNCc1ccccc1OCC(C)OC. The van der Waals surface area contributed by atoms with Gasteiger partial charge in [0.25, 0.3) is 0 Å². The first kappa shape index (κ1) is 14.0. The van der Waals surface area contributed by atoms with Crippen molar-refractivity contribution in [1.82, 2.24) is 5.32 Å². The molecule has 0 fully saturated rings. The quantitative estimate of drug-likeness (QED) is 0.705. The van der Waals surface area contributed by atoms with Gasteiger partial charge >= 0.3 is 0 Å². The maximum Gasteiger partial charge on any atom is 0.123 e. The van der Waals surface area contributed by atoms with E-state index in [0.29, 0.717) is 6.61 Å². The number of hydrogen-bond acceptors (Lipinski definition) is 3. The topological polar surface area (TPSA) is 30.5 Å². The van der Waals surface area contributed by atoms with Crippen molar-refractivity contribution in [2.24, 2.45) is 0 Å². The fourth-order valence-corrected chi connectivity index (χ4v) is 1.47. The van der Waals surface area contributed by atoms with Crippen LogP contribution < -0.4 is 10.1 Å². The lowest BCUT2D eigenvalue weighted by Gasteiger charge is -2.14. The Hall–Kier alpha value is -1.06. The number of methoxy groups -OCH3 is 1. The lowest BCUT2D eigenvalue weighted by molar-refractivity contribution is 0.0713. The fourth-order valence-electron chi connectivity index (χ4n) is 1.47. The number of ether oxygens (including phenoxy) is 2. The predicted molar refractivity (Wildman–Crippen MR) is 70.4 cm³/mol. The summed E-state index contributed by atoms with van der Waals surface area (Å²) in [5.74, 6) is 0.944. The second-order valence-electron chi connectivity index (χ2n) is 4.14. The van der Waals surface area contributed by atoms with Crippen molar-refractivity contribution < 1.29 is 9.47 Å². The molecule has 0 amide bonds. The summed E-state index contributed by atoms with van der Waals surface area (Å²) in [6.45, 7) is 6.63. The van der Waals surface area contributed by atoms with E-state index in [1.54, 1.807) is 7.11 Å². The van der Waals surface area contributed by atoms with Gasteiger partial charge in [0, 0.05) is 19.2 Å². The summed E-state index contributed by atoms with van der Waals surface area (Å²) < 4.78 is 10.9. The molecule has 3 nitrogen and oxygen atoms in total. The zero-order valence-electron chi connectivity index (χ0n) is 11.0. The molecule has 0 heterocycles. The van der Waals surface area contributed by atoms with Gasteiger partial charge in [-0.3, -0.25) is 0 Å². The van der Waals surface area contributed by atoms with Crippen LogP contribution in [0.2, 0.25) is 0 Å². The Bertz CT molecular complexity index is 315. The van der Waals surface area contributed by atoms with E-state index in [1.165, 1.54) is 5.56 Å². The van der Waals surface area contributed by atoms with Crippen LogP contribution in [-0.4, -0.2) is 26.4 Å². The van der Waals surface area contributed by atoms with Crippen molar-refractivity contribution >= 4 is 0 Å². The summed E-state index contributed by atoms with van der Waals surface area (Å²) in [5.41, 5.74) is 1.20. The number of rotatable bonds is 8. The molecule has 0 saturated heterocycles. The number of para-hydroxylation sites is 1. The monoisotopic (exact) mass is 237 g/mol. The van der Waals surface area contributed by atoms with Gasteiger partial charge in [-0.2, -0.15) is 0 Å². The zero-order valence-corrected chi connectivity index (χ0v) is 11.0. The van der Waals surface area contributed by atoms with Gasteiger partial charge in [-0.15, -0.1) is 0 Å². The maximum atomic E-state index is 5.76. The minimum atomic E-state index is 0.117. The predicted octanol–water partition coefficient (Wildman–Crippen LogP) is 2.60. The summed E-state index contributed by atoms with van der Waals surface area (Å²) in [6.07, 6.45) is 1.26. The van der Waals surface area contributed by atoms with Crippen molar-refractivity contribution in [3.63, 3.8) is 0 Å². The molecule has 0 radical (unpaired) electrons. The molecule has 17 heavy (non-hydrogen) atoms. The average molecular weight is 237 g/mol. The Kier molecular flexibility index (Phi) is 6.67. The van der Waals surface area contributed by atoms with E-state index in [0.717, 1.165) is 25.3 Å². The molecule has 1 aromatic carbocycles. The first-order valence-electron chi connectivity index (χ1n) is 6.22. The van der Waals surface area contributed by atoms with E-state index in [9.17, 15) is 0 Å². The van der Waals surface area contributed by atoms with Crippen molar-refractivity contribution in [3.8, 4) is 5.75 Å². The summed E-state index contributed by atoms with van der Waals surface area (Å²) >= 11 is 0. The zero-order chi connectivity index (χ0) is 12.5. The van der Waals surface area contributed by atoms with Crippen molar-refractivity contribution in [1.29, 1.82) is 0 Å². The standard InChI is InChI=1S/C14H23NO2/c1-4-9-15-10-13-7-5-6-8-14(13)17-11-12(2)16-3/h5-8,12,15H,4,9-11H2,1-3H3. The molecule has 0 aliphatic rings. The summed E-state index contributed by atoms with van der Waals surface area (Å²) in [4.78, 5) is 0. The fraction of sp³-hybridized carbons (Fsp3) is 0.571. The molecule has 0 aliphatic carbocycles. The molecule has 0 spiro atoms. The van der Waals surface area contributed by atoms with E-state index in [4.69, 9.17) is 9.47 Å². The summed E-state index contributed by atoms with van der Waals surface area (Å²) in [6, 6.07) is 8.13. The molecule has 1 rings (SSSR count). The third-order valence-electron chi connectivity index (χ3n) is 2.59. The van der Waals surface area contributed by atoms with Crippen LogP contribution in [0.3, 0.4) is 0 Å². The van der Waals surface area contributed by atoms with Gasteiger partial charge in [-0.25, -0.2) is 0 Å². The van der Waals surface area contributed by atoms with Crippen molar-refractivity contribution in [2.45, 2.75) is 32.9 Å². The minimum absolute atomic E-state index is 0.117. The molecule has 3 heteroatoms. The van der Waals surface area contributed by atoms with Gasteiger partial charge in [0.2, 0.25) is 0 Å². The van der Waals surface area contributed by atoms with Gasteiger partial charge in [-0.05, 0) is 26.0 Å². The average Bonchev–Trinajstić information content (AvgIpc) is 2.37. The van der Waals surface area contributed by atoms with Crippen molar-refractivity contribution in [3.05, 3.63) is 29.8 Å². The van der Waals surface area contributed by atoms with Gasteiger partial charge in [0.1, 0.15) is 12.4 Å². The van der Waals surface area contributed by atoms with Gasteiger partial charge < -0.3 is 14.8 Å². The molecular formula is C14H23NO2. The Labute approximate surface area is 104 Å². The second-order valence-corrected chi connectivity index (χ2v) is 4.14. The Morgan fingerprint density at radius 2 is 2.06 bits per heavy atom. The highest BCUT2D eigenvalue weighted by molar-refractivity contribution is 5.33. The number of benzene rings is 1. The molecule has 0 aromatic heterocycles. The highest BCUT2D eigenvalue weighted by atomic mass is 16.5. The van der Waals surface area contributed by atoms with Crippen LogP contribution in [0, 0.1) is 0 Å². The second kappa shape index (κ2) is 8.09. The molecule has 0 saturated carbocycles. The molecule has 1 atom stereocenters. The molecule has 0 bridgehead atoms. The highest BCUT2D eigenvalue weighted by Crippen LogP contribution is 2.18. The van der Waals surface area contributed by atoms with E-state index < -0.39 is 0 Å².